The Morgan fingerprint density at radius 1 is 1.50 bits per heavy atom. The topological polar surface area (TPSA) is 38.1 Å². The quantitative estimate of drug-likeness (QED) is 0.462. The van der Waals surface area contributed by atoms with Gasteiger partial charge in [-0.2, -0.15) is 5.10 Å². The van der Waals surface area contributed by atoms with E-state index >= 15 is 0 Å². The van der Waals surface area contributed by atoms with Crippen LogP contribution in [0.1, 0.15) is 10.5 Å². The lowest BCUT2D eigenvalue weighted by molar-refractivity contribution is 0.0823. The molecule has 0 bridgehead atoms. The molecule has 0 aliphatic rings. The summed E-state index contributed by atoms with van der Waals surface area (Å²) in [6.07, 6.45) is 0. The van der Waals surface area contributed by atoms with E-state index in [2.05, 4.69) is 27.7 Å². The van der Waals surface area contributed by atoms with Crippen LogP contribution in [-0.2, 0) is 0 Å². The molecule has 0 aliphatic heterocycles. The zero-order valence-corrected chi connectivity index (χ0v) is 13.4. The van der Waals surface area contributed by atoms with Crippen molar-refractivity contribution in [1.29, 1.82) is 0 Å². The Balaban J connectivity index is 2.73. The molecule has 0 saturated heterocycles. The Labute approximate surface area is 122 Å². The molecule has 1 aromatic heterocycles. The molecule has 1 heterocycles. The van der Waals surface area contributed by atoms with Crippen LogP contribution in [0.15, 0.2) is 18.2 Å². The molecule has 0 aliphatic carbocycles. The fourth-order valence-electron chi connectivity index (χ4n) is 1.69. The van der Waals surface area contributed by atoms with Gasteiger partial charge in [0.2, 0.25) is 0 Å². The number of benzene rings is 1. The van der Waals surface area contributed by atoms with Gasteiger partial charge >= 0.3 is 0 Å². The SMILES string of the molecule is [B]P(C)n1nc(C(=O)N(C)C)c2cc(I)ccc21. The second kappa shape index (κ2) is 5.17. The first-order chi connectivity index (χ1) is 8.41. The summed E-state index contributed by atoms with van der Waals surface area (Å²) in [6.45, 7) is 1.91. The van der Waals surface area contributed by atoms with Crippen molar-refractivity contribution >= 4 is 54.9 Å². The molecule has 4 nitrogen and oxygen atoms in total. The minimum Gasteiger partial charge on any atom is -0.343 e. The standard InChI is InChI=1S/C11H12BIN3OP/c1-15(2)11(17)10-8-6-7(13)4-5-9(8)16(14-10)18(3)12/h4-6H,1-3H3. The van der Waals surface area contributed by atoms with Gasteiger partial charge in [-0.25, -0.2) is 0 Å². The number of aromatic nitrogens is 2. The van der Waals surface area contributed by atoms with Crippen LogP contribution in [0.3, 0.4) is 0 Å². The van der Waals surface area contributed by atoms with Crippen LogP contribution in [0.25, 0.3) is 10.9 Å². The maximum Gasteiger partial charge on any atom is 0.274 e. The van der Waals surface area contributed by atoms with Gasteiger partial charge in [-0.3, -0.25) is 9.25 Å². The molecule has 0 fully saturated rings. The lowest BCUT2D eigenvalue weighted by Gasteiger charge is -2.08. The first kappa shape index (κ1) is 13.8. The predicted octanol–water partition coefficient (Wildman–Crippen LogP) is 2.30. The number of hydrogen-bond donors (Lipinski definition) is 0. The Morgan fingerprint density at radius 2 is 2.17 bits per heavy atom. The summed E-state index contributed by atoms with van der Waals surface area (Å²) in [5.41, 5.74) is 1.38. The second-order valence-corrected chi connectivity index (χ2v) is 6.94. The summed E-state index contributed by atoms with van der Waals surface area (Å²) in [6, 6.07) is 5.92. The first-order valence-corrected chi connectivity index (χ1v) is 8.19. The third kappa shape index (κ3) is 2.40. The molecule has 7 heteroatoms. The molecule has 0 N–H and O–H groups in total. The van der Waals surface area contributed by atoms with Crippen molar-refractivity contribution in [2.45, 2.75) is 0 Å². The van der Waals surface area contributed by atoms with Crippen LogP contribution >= 0.6 is 30.5 Å². The molecule has 92 valence electrons. The van der Waals surface area contributed by atoms with Gasteiger partial charge < -0.3 is 4.90 Å². The van der Waals surface area contributed by atoms with E-state index in [-0.39, 0.29) is 5.91 Å². The first-order valence-electron chi connectivity index (χ1n) is 5.30. The zero-order valence-electron chi connectivity index (χ0n) is 10.4. The van der Waals surface area contributed by atoms with Crippen LogP contribution in [-0.4, -0.2) is 48.7 Å². The van der Waals surface area contributed by atoms with Gasteiger partial charge in [0, 0.05) is 23.1 Å². The summed E-state index contributed by atoms with van der Waals surface area (Å²) in [7, 11) is 8.49. The molecule has 2 aromatic rings. The molecule has 1 unspecified atom stereocenters. The van der Waals surface area contributed by atoms with Gasteiger partial charge in [-0.05, 0) is 55.4 Å². The highest BCUT2D eigenvalue weighted by Crippen LogP contribution is 2.33. The van der Waals surface area contributed by atoms with Crippen molar-refractivity contribution in [1.82, 2.24) is 14.5 Å². The molecule has 1 atom stereocenters. The second-order valence-electron chi connectivity index (χ2n) is 4.17. The summed E-state index contributed by atoms with van der Waals surface area (Å²) >= 11 is 2.22. The van der Waals surface area contributed by atoms with E-state index < -0.39 is 7.95 Å². The van der Waals surface area contributed by atoms with E-state index in [1.807, 2.05) is 24.9 Å². The van der Waals surface area contributed by atoms with Crippen LogP contribution < -0.4 is 0 Å². The molecule has 2 rings (SSSR count). The van der Waals surface area contributed by atoms with Gasteiger partial charge in [0.25, 0.3) is 5.91 Å². The highest BCUT2D eigenvalue weighted by Gasteiger charge is 2.19. The maximum atomic E-state index is 12.1. The highest BCUT2D eigenvalue weighted by molar-refractivity contribution is 14.1. The fourth-order valence-corrected chi connectivity index (χ4v) is 2.92. The normalized spacial score (nSPS) is 12.7. The monoisotopic (exact) mass is 371 g/mol. The average Bonchev–Trinajstić information content (AvgIpc) is 2.66. The molecular weight excluding hydrogens is 359 g/mol. The lowest BCUT2D eigenvalue weighted by Crippen LogP contribution is -2.22. The van der Waals surface area contributed by atoms with E-state index in [0.717, 1.165) is 14.5 Å². The largest absolute Gasteiger partial charge is 0.343 e. The van der Waals surface area contributed by atoms with Crippen molar-refractivity contribution in [3.05, 3.63) is 27.5 Å². The van der Waals surface area contributed by atoms with Gasteiger partial charge in [0.1, 0.15) is 7.57 Å². The third-order valence-corrected chi connectivity index (χ3v) is 4.11. The van der Waals surface area contributed by atoms with Crippen LogP contribution in [0.4, 0.5) is 0 Å². The van der Waals surface area contributed by atoms with E-state index in [1.165, 1.54) is 4.90 Å². The van der Waals surface area contributed by atoms with Gasteiger partial charge in [0.05, 0.1) is 5.52 Å². The molecule has 18 heavy (non-hydrogen) atoms. The summed E-state index contributed by atoms with van der Waals surface area (Å²) < 4.78 is 2.82. The van der Waals surface area contributed by atoms with E-state index in [9.17, 15) is 4.79 Å². The van der Waals surface area contributed by atoms with E-state index in [0.29, 0.717) is 5.69 Å². The Bertz CT molecular complexity index is 612. The maximum absolute atomic E-state index is 12.1. The minimum absolute atomic E-state index is 0.0994. The number of rotatable bonds is 2. The van der Waals surface area contributed by atoms with Crippen molar-refractivity contribution in [2.24, 2.45) is 0 Å². The predicted molar refractivity (Wildman–Crippen MR) is 84.5 cm³/mol. The number of halogens is 1. The summed E-state index contributed by atoms with van der Waals surface area (Å²) in [5.74, 6) is -0.0994. The van der Waals surface area contributed by atoms with Crippen molar-refractivity contribution < 1.29 is 4.79 Å². The molecular formula is C11H12BIN3OP. The Hall–Kier alpha value is -0.615. The zero-order chi connectivity index (χ0) is 13.4. The Kier molecular flexibility index (Phi) is 3.97. The number of nitrogens with zero attached hydrogens (tertiary/aromatic N) is 3. The molecule has 2 radical (unpaired) electrons. The Morgan fingerprint density at radius 3 is 2.72 bits per heavy atom. The molecule has 1 aromatic carbocycles. The fraction of sp³-hybridized carbons (Fsp3) is 0.273. The average molecular weight is 371 g/mol. The summed E-state index contributed by atoms with van der Waals surface area (Å²) in [5, 5.41) is 5.24. The van der Waals surface area contributed by atoms with Gasteiger partial charge in [-0.1, -0.05) is 0 Å². The highest BCUT2D eigenvalue weighted by atomic mass is 127. The van der Waals surface area contributed by atoms with E-state index in [4.69, 9.17) is 7.57 Å². The van der Waals surface area contributed by atoms with Crippen molar-refractivity contribution in [2.75, 3.05) is 20.8 Å². The number of hydrogen-bond acceptors (Lipinski definition) is 2. The van der Waals surface area contributed by atoms with Crippen molar-refractivity contribution in [3.63, 3.8) is 0 Å². The molecule has 1 amide bonds. The molecule has 0 saturated carbocycles. The van der Waals surface area contributed by atoms with Gasteiger partial charge in [-0.15, -0.1) is 0 Å². The molecule has 0 spiro atoms. The smallest absolute Gasteiger partial charge is 0.274 e. The lowest BCUT2D eigenvalue weighted by atomic mass is 10.2. The van der Waals surface area contributed by atoms with Gasteiger partial charge in [0.15, 0.2) is 5.69 Å². The van der Waals surface area contributed by atoms with E-state index in [1.54, 1.807) is 18.5 Å². The number of fused-ring (bicyclic) bond motifs is 1. The van der Waals surface area contributed by atoms with Crippen LogP contribution in [0, 0.1) is 3.57 Å². The minimum atomic E-state index is -0.896. The van der Waals surface area contributed by atoms with Crippen LogP contribution in [0.5, 0.6) is 0 Å². The van der Waals surface area contributed by atoms with Crippen LogP contribution in [0.2, 0.25) is 0 Å². The number of carbonyl (C=O) groups excluding carboxylic acids is 1. The number of amides is 1. The van der Waals surface area contributed by atoms with Crippen molar-refractivity contribution in [3.8, 4) is 0 Å². The number of carbonyl (C=O) groups is 1. The summed E-state index contributed by atoms with van der Waals surface area (Å²) in [4.78, 5) is 13.6. The third-order valence-electron chi connectivity index (χ3n) is 2.53.